The molecule has 0 aliphatic heterocycles. The van der Waals surface area contributed by atoms with E-state index in [-0.39, 0.29) is 10.8 Å². The lowest BCUT2D eigenvalue weighted by molar-refractivity contribution is 0.297. The first-order chi connectivity index (χ1) is 15.0. The van der Waals surface area contributed by atoms with Crippen molar-refractivity contribution in [3.8, 4) is 22.2 Å². The molecule has 9 nitrogen and oxygen atoms in total. The van der Waals surface area contributed by atoms with Crippen molar-refractivity contribution in [3.63, 3.8) is 0 Å². The average molecular weight is 454 g/mol. The molecule has 0 aliphatic carbocycles. The number of hydrogen-bond acceptors (Lipinski definition) is 10. The first-order valence-electron chi connectivity index (χ1n) is 10.5. The van der Waals surface area contributed by atoms with Gasteiger partial charge in [-0.2, -0.15) is 4.98 Å². The van der Waals surface area contributed by atoms with Gasteiger partial charge >= 0.3 is 0 Å². The molecule has 0 saturated carbocycles. The molecule has 0 amide bonds. The molecule has 0 bridgehead atoms. The Bertz CT molecular complexity index is 1230. The molecule has 0 fully saturated rings. The van der Waals surface area contributed by atoms with Crippen molar-refractivity contribution in [2.45, 2.75) is 72.1 Å². The van der Waals surface area contributed by atoms with Gasteiger partial charge in [0.05, 0.1) is 21.3 Å². The average Bonchev–Trinajstić information content (AvgIpc) is 3.45. The minimum Gasteiger partial charge on any atom is -0.332 e. The molecule has 4 aromatic rings. The van der Waals surface area contributed by atoms with Gasteiger partial charge in [-0.1, -0.05) is 44.9 Å². The van der Waals surface area contributed by atoms with Crippen LogP contribution in [0, 0.1) is 13.8 Å². The summed E-state index contributed by atoms with van der Waals surface area (Å²) in [5.74, 6) is 1.68. The van der Waals surface area contributed by atoms with Crippen molar-refractivity contribution in [1.29, 1.82) is 0 Å². The smallest absolute Gasteiger partial charge is 0.282 e. The lowest BCUT2D eigenvalue weighted by atomic mass is 9.83. The fraction of sp³-hybridized carbons (Fsp3) is 0.500. The molecule has 0 unspecified atom stereocenters. The zero-order chi connectivity index (χ0) is 23.1. The van der Waals surface area contributed by atoms with Crippen LogP contribution in [-0.2, 0) is 17.3 Å². The minimum atomic E-state index is -0.245. The summed E-state index contributed by atoms with van der Waals surface area (Å²) in [5.41, 5.74) is 2.61. The third kappa shape index (κ3) is 4.59. The normalized spacial score (nSPS) is 12.5. The molecule has 32 heavy (non-hydrogen) atoms. The third-order valence-electron chi connectivity index (χ3n) is 5.25. The molecule has 0 aromatic carbocycles. The molecule has 0 saturated heterocycles. The van der Waals surface area contributed by atoms with Crippen molar-refractivity contribution in [2.75, 3.05) is 0 Å². The van der Waals surface area contributed by atoms with E-state index in [1.807, 2.05) is 40.8 Å². The van der Waals surface area contributed by atoms with E-state index < -0.39 is 0 Å². The van der Waals surface area contributed by atoms with Crippen molar-refractivity contribution in [2.24, 2.45) is 0 Å². The molecule has 0 atom stereocenters. The molecule has 4 heterocycles. The van der Waals surface area contributed by atoms with Crippen LogP contribution in [0.25, 0.3) is 22.2 Å². The van der Waals surface area contributed by atoms with E-state index in [1.54, 1.807) is 11.3 Å². The van der Waals surface area contributed by atoms with E-state index >= 15 is 0 Å². The van der Waals surface area contributed by atoms with Crippen LogP contribution in [-0.4, -0.2) is 35.4 Å². The van der Waals surface area contributed by atoms with Crippen LogP contribution < -0.4 is 0 Å². The molecule has 168 valence electrons. The van der Waals surface area contributed by atoms with Gasteiger partial charge in [-0.3, -0.25) is 0 Å². The summed E-state index contributed by atoms with van der Waals surface area (Å²) in [6.07, 6.45) is 3.28. The van der Waals surface area contributed by atoms with Crippen LogP contribution in [0.1, 0.15) is 69.1 Å². The summed E-state index contributed by atoms with van der Waals surface area (Å²) in [6.45, 7) is 14.3. The summed E-state index contributed by atoms with van der Waals surface area (Å²) in [7, 11) is 0. The highest BCUT2D eigenvalue weighted by molar-refractivity contribution is 7.15. The van der Waals surface area contributed by atoms with Gasteiger partial charge in [-0.25, -0.2) is 19.6 Å². The monoisotopic (exact) mass is 453 g/mol. The molecule has 0 radical (unpaired) electrons. The van der Waals surface area contributed by atoms with Crippen LogP contribution in [0.15, 0.2) is 21.4 Å². The SMILES string of the molecule is Cc1nc(-c2cnc(C)s2)cc(C(C)(C)CCc2noc(-c3nonc3C(C)(C)C)n2)n1. The first-order valence-corrected chi connectivity index (χ1v) is 11.3. The largest absolute Gasteiger partial charge is 0.332 e. The van der Waals surface area contributed by atoms with E-state index in [4.69, 9.17) is 14.1 Å². The standard InChI is InChI=1S/C22H27N7O2S/c1-12-24-14(15-11-23-13(2)32-15)10-16(25-12)22(6,7)9-8-17-26-20(30-27-17)18-19(21(3,4)5)29-31-28-18/h10-11H,8-9H2,1-7H3. The number of aromatic nitrogens is 7. The van der Waals surface area contributed by atoms with Gasteiger partial charge in [0.25, 0.3) is 5.89 Å². The van der Waals surface area contributed by atoms with E-state index in [0.29, 0.717) is 29.5 Å². The molecule has 0 aliphatic rings. The van der Waals surface area contributed by atoms with Crippen molar-refractivity contribution >= 4 is 11.3 Å². The zero-order valence-electron chi connectivity index (χ0n) is 19.4. The Balaban J connectivity index is 1.52. The fourth-order valence-corrected chi connectivity index (χ4v) is 4.08. The van der Waals surface area contributed by atoms with Gasteiger partial charge in [0.2, 0.25) is 0 Å². The van der Waals surface area contributed by atoms with Crippen molar-refractivity contribution in [3.05, 3.63) is 40.3 Å². The topological polar surface area (TPSA) is 117 Å². The molecule has 10 heteroatoms. The molecular formula is C22H27N7O2S. The Hall–Kier alpha value is -3.01. The van der Waals surface area contributed by atoms with E-state index in [9.17, 15) is 0 Å². The Kier molecular flexibility index (Phi) is 5.66. The molecule has 0 spiro atoms. The van der Waals surface area contributed by atoms with Crippen LogP contribution in [0.5, 0.6) is 0 Å². The second-order valence-corrected chi connectivity index (χ2v) is 10.8. The second kappa shape index (κ2) is 8.16. The van der Waals surface area contributed by atoms with Gasteiger partial charge < -0.3 is 4.52 Å². The summed E-state index contributed by atoms with van der Waals surface area (Å²) in [4.78, 5) is 19.2. The Morgan fingerprint density at radius 3 is 2.44 bits per heavy atom. The van der Waals surface area contributed by atoms with E-state index in [1.165, 1.54) is 0 Å². The highest BCUT2D eigenvalue weighted by Crippen LogP contribution is 2.32. The number of hydrogen-bond donors (Lipinski definition) is 0. The van der Waals surface area contributed by atoms with Crippen LogP contribution >= 0.6 is 11.3 Å². The van der Waals surface area contributed by atoms with Gasteiger partial charge in [-0.05, 0) is 31.5 Å². The summed E-state index contributed by atoms with van der Waals surface area (Å²) in [5, 5.41) is 13.1. The lowest BCUT2D eigenvalue weighted by Crippen LogP contribution is -2.21. The Labute approximate surface area is 190 Å². The number of thiazole rings is 1. The summed E-state index contributed by atoms with van der Waals surface area (Å²) >= 11 is 1.63. The fourth-order valence-electron chi connectivity index (χ4n) is 3.35. The maximum absolute atomic E-state index is 5.46. The van der Waals surface area contributed by atoms with E-state index in [0.717, 1.165) is 33.5 Å². The van der Waals surface area contributed by atoms with Gasteiger partial charge in [0.1, 0.15) is 11.5 Å². The number of rotatable bonds is 6. The molecular weight excluding hydrogens is 426 g/mol. The van der Waals surface area contributed by atoms with Crippen LogP contribution in [0.2, 0.25) is 0 Å². The predicted molar refractivity (Wildman–Crippen MR) is 120 cm³/mol. The first kappa shape index (κ1) is 22.2. The lowest BCUT2D eigenvalue weighted by Gasteiger charge is -2.24. The van der Waals surface area contributed by atoms with Crippen LogP contribution in [0.3, 0.4) is 0 Å². The number of aryl methyl sites for hydroxylation is 3. The Morgan fingerprint density at radius 2 is 1.75 bits per heavy atom. The van der Waals surface area contributed by atoms with Gasteiger partial charge in [-0.15, -0.1) is 11.3 Å². The predicted octanol–water partition coefficient (Wildman–Crippen LogP) is 4.86. The van der Waals surface area contributed by atoms with E-state index in [2.05, 4.69) is 50.3 Å². The van der Waals surface area contributed by atoms with Gasteiger partial charge in [0.15, 0.2) is 11.5 Å². The maximum atomic E-state index is 5.46. The zero-order valence-corrected chi connectivity index (χ0v) is 20.2. The van der Waals surface area contributed by atoms with Crippen molar-refractivity contribution in [1.82, 2.24) is 35.4 Å². The molecule has 4 aromatic heterocycles. The summed E-state index contributed by atoms with van der Waals surface area (Å²) < 4.78 is 10.4. The third-order valence-corrected chi connectivity index (χ3v) is 6.18. The Morgan fingerprint density at radius 1 is 0.969 bits per heavy atom. The van der Waals surface area contributed by atoms with Crippen molar-refractivity contribution < 1.29 is 9.15 Å². The highest BCUT2D eigenvalue weighted by Gasteiger charge is 2.29. The minimum absolute atomic E-state index is 0.213. The second-order valence-electron chi connectivity index (χ2n) is 9.54. The molecule has 4 rings (SSSR count). The van der Waals surface area contributed by atoms with Gasteiger partial charge in [0, 0.05) is 23.4 Å². The van der Waals surface area contributed by atoms with Crippen LogP contribution in [0.4, 0.5) is 0 Å². The highest BCUT2D eigenvalue weighted by atomic mass is 32.1. The summed E-state index contributed by atoms with van der Waals surface area (Å²) in [6, 6.07) is 2.05. The quantitative estimate of drug-likeness (QED) is 0.403. The number of nitrogens with zero attached hydrogens (tertiary/aromatic N) is 7. The maximum Gasteiger partial charge on any atom is 0.282 e. The molecule has 0 N–H and O–H groups in total.